The van der Waals surface area contributed by atoms with Crippen molar-refractivity contribution < 1.29 is 4.79 Å². The van der Waals surface area contributed by atoms with Gasteiger partial charge in [0.2, 0.25) is 5.91 Å². The van der Waals surface area contributed by atoms with E-state index in [1.165, 1.54) is 5.56 Å². The zero-order valence-corrected chi connectivity index (χ0v) is 11.3. The van der Waals surface area contributed by atoms with Crippen molar-refractivity contribution >= 4 is 5.91 Å². The number of nitrogens with one attached hydrogen (secondary N) is 2. The SMILES string of the molecule is CC(C)(CNC(=O)C1(CN)CCC1)c1cc[nH]c1. The van der Waals surface area contributed by atoms with Crippen LogP contribution in [0, 0.1) is 5.41 Å². The molecule has 0 aliphatic heterocycles. The highest BCUT2D eigenvalue weighted by molar-refractivity contribution is 5.83. The molecule has 100 valence electrons. The molecule has 1 heterocycles. The third-order valence-electron chi connectivity index (χ3n) is 4.25. The summed E-state index contributed by atoms with van der Waals surface area (Å²) >= 11 is 0. The molecule has 0 bridgehead atoms. The summed E-state index contributed by atoms with van der Waals surface area (Å²) in [7, 11) is 0. The number of hydrogen-bond acceptors (Lipinski definition) is 2. The number of hydrogen-bond donors (Lipinski definition) is 3. The average molecular weight is 249 g/mol. The van der Waals surface area contributed by atoms with Crippen LogP contribution in [0.15, 0.2) is 18.5 Å². The van der Waals surface area contributed by atoms with Crippen LogP contribution in [0.1, 0.15) is 38.7 Å². The van der Waals surface area contributed by atoms with Gasteiger partial charge in [-0.25, -0.2) is 0 Å². The number of amides is 1. The molecule has 1 aliphatic carbocycles. The second-order valence-corrected chi connectivity index (χ2v) is 6.00. The summed E-state index contributed by atoms with van der Waals surface area (Å²) in [5.41, 5.74) is 6.60. The van der Waals surface area contributed by atoms with E-state index in [2.05, 4.69) is 24.1 Å². The summed E-state index contributed by atoms with van der Waals surface area (Å²) in [4.78, 5) is 15.3. The van der Waals surface area contributed by atoms with Gasteiger partial charge in [-0.15, -0.1) is 0 Å². The minimum atomic E-state index is -0.284. The van der Waals surface area contributed by atoms with E-state index in [-0.39, 0.29) is 16.7 Å². The molecule has 1 amide bonds. The maximum atomic E-state index is 12.2. The molecule has 18 heavy (non-hydrogen) atoms. The lowest BCUT2D eigenvalue weighted by Gasteiger charge is -2.40. The summed E-state index contributed by atoms with van der Waals surface area (Å²) in [5.74, 6) is 0.125. The molecule has 1 aromatic rings. The highest BCUT2D eigenvalue weighted by atomic mass is 16.2. The minimum absolute atomic E-state index is 0.0603. The van der Waals surface area contributed by atoms with Gasteiger partial charge < -0.3 is 16.0 Å². The summed E-state index contributed by atoms with van der Waals surface area (Å²) in [6.07, 6.45) is 6.87. The molecule has 0 aromatic carbocycles. The predicted molar refractivity (Wildman–Crippen MR) is 72.2 cm³/mol. The Bertz CT molecular complexity index is 399. The Hall–Kier alpha value is -1.29. The Kier molecular flexibility index (Phi) is 3.48. The Morgan fingerprint density at radius 3 is 2.72 bits per heavy atom. The molecule has 1 fully saturated rings. The van der Waals surface area contributed by atoms with Crippen molar-refractivity contribution in [1.82, 2.24) is 10.3 Å². The maximum Gasteiger partial charge on any atom is 0.227 e. The number of aromatic nitrogens is 1. The van der Waals surface area contributed by atoms with Crippen LogP contribution in [-0.2, 0) is 10.2 Å². The van der Waals surface area contributed by atoms with Gasteiger partial charge >= 0.3 is 0 Å². The average Bonchev–Trinajstić information content (AvgIpc) is 2.80. The number of H-pyrrole nitrogens is 1. The number of rotatable bonds is 5. The molecular weight excluding hydrogens is 226 g/mol. The van der Waals surface area contributed by atoms with Gasteiger partial charge in [0, 0.05) is 30.9 Å². The van der Waals surface area contributed by atoms with Crippen molar-refractivity contribution in [3.8, 4) is 0 Å². The van der Waals surface area contributed by atoms with Crippen LogP contribution >= 0.6 is 0 Å². The van der Waals surface area contributed by atoms with Crippen molar-refractivity contribution in [2.45, 2.75) is 38.5 Å². The van der Waals surface area contributed by atoms with Crippen LogP contribution in [0.4, 0.5) is 0 Å². The number of carbonyl (C=O) groups is 1. The van der Waals surface area contributed by atoms with Crippen LogP contribution in [0.3, 0.4) is 0 Å². The van der Waals surface area contributed by atoms with Crippen molar-refractivity contribution in [3.63, 3.8) is 0 Å². The Labute approximate surface area is 108 Å². The summed E-state index contributed by atoms with van der Waals surface area (Å²) in [6.45, 7) is 5.37. The fourth-order valence-corrected chi connectivity index (χ4v) is 2.46. The smallest absolute Gasteiger partial charge is 0.227 e. The van der Waals surface area contributed by atoms with Gasteiger partial charge in [0.15, 0.2) is 0 Å². The molecule has 4 heteroatoms. The van der Waals surface area contributed by atoms with Crippen LogP contribution in [0.2, 0.25) is 0 Å². The van der Waals surface area contributed by atoms with Crippen LogP contribution in [0.25, 0.3) is 0 Å². The van der Waals surface area contributed by atoms with Crippen LogP contribution < -0.4 is 11.1 Å². The second-order valence-electron chi connectivity index (χ2n) is 6.00. The first kappa shape index (κ1) is 13.1. The molecule has 1 aliphatic rings. The van der Waals surface area contributed by atoms with Crippen molar-refractivity contribution in [2.75, 3.05) is 13.1 Å². The fraction of sp³-hybridized carbons (Fsp3) is 0.643. The normalized spacial score (nSPS) is 18.2. The monoisotopic (exact) mass is 249 g/mol. The number of aromatic amines is 1. The van der Waals surface area contributed by atoms with Gasteiger partial charge in [-0.1, -0.05) is 20.3 Å². The molecule has 0 atom stereocenters. The van der Waals surface area contributed by atoms with E-state index in [9.17, 15) is 4.79 Å². The maximum absolute atomic E-state index is 12.2. The molecule has 1 saturated carbocycles. The van der Waals surface area contributed by atoms with E-state index in [1.807, 2.05) is 18.5 Å². The molecular formula is C14H23N3O. The topological polar surface area (TPSA) is 70.9 Å². The third-order valence-corrected chi connectivity index (χ3v) is 4.25. The molecule has 4 nitrogen and oxygen atoms in total. The van der Waals surface area contributed by atoms with E-state index in [0.29, 0.717) is 13.1 Å². The number of carbonyl (C=O) groups excluding carboxylic acids is 1. The highest BCUT2D eigenvalue weighted by Crippen LogP contribution is 2.40. The van der Waals surface area contributed by atoms with Crippen molar-refractivity contribution in [2.24, 2.45) is 11.1 Å². The van der Waals surface area contributed by atoms with Gasteiger partial charge in [0.25, 0.3) is 0 Å². The first-order valence-corrected chi connectivity index (χ1v) is 6.62. The first-order valence-electron chi connectivity index (χ1n) is 6.62. The lowest BCUT2D eigenvalue weighted by Crippen LogP contribution is -2.52. The van der Waals surface area contributed by atoms with Gasteiger partial charge in [-0.3, -0.25) is 4.79 Å². The molecule has 1 aromatic heterocycles. The van der Waals surface area contributed by atoms with Crippen LogP contribution in [0.5, 0.6) is 0 Å². The van der Waals surface area contributed by atoms with Crippen LogP contribution in [-0.4, -0.2) is 24.0 Å². The third kappa shape index (κ3) is 2.29. The standard InChI is InChI=1S/C14H23N3O/c1-13(2,11-4-7-16-8-11)10-17-12(18)14(9-15)5-3-6-14/h4,7-8,16H,3,5-6,9-10,15H2,1-2H3,(H,17,18). The quantitative estimate of drug-likeness (QED) is 0.740. The fourth-order valence-electron chi connectivity index (χ4n) is 2.46. The molecule has 0 saturated heterocycles. The predicted octanol–water partition coefficient (Wildman–Crippen LogP) is 1.54. The Balaban J connectivity index is 1.93. The van der Waals surface area contributed by atoms with E-state index >= 15 is 0 Å². The summed E-state index contributed by atoms with van der Waals surface area (Å²) in [5, 5.41) is 3.07. The first-order chi connectivity index (χ1) is 8.50. The Morgan fingerprint density at radius 2 is 2.28 bits per heavy atom. The molecule has 4 N–H and O–H groups in total. The highest BCUT2D eigenvalue weighted by Gasteiger charge is 2.43. The van der Waals surface area contributed by atoms with E-state index in [1.54, 1.807) is 0 Å². The minimum Gasteiger partial charge on any atom is -0.367 e. The van der Waals surface area contributed by atoms with Gasteiger partial charge in [0.1, 0.15) is 0 Å². The van der Waals surface area contributed by atoms with Gasteiger partial charge in [-0.05, 0) is 24.5 Å². The summed E-state index contributed by atoms with van der Waals surface area (Å²) in [6, 6.07) is 2.05. The second kappa shape index (κ2) is 4.76. The lowest BCUT2D eigenvalue weighted by molar-refractivity contribution is -0.135. The Morgan fingerprint density at radius 1 is 1.56 bits per heavy atom. The molecule has 0 spiro atoms. The van der Waals surface area contributed by atoms with Crippen molar-refractivity contribution in [3.05, 3.63) is 24.0 Å². The number of nitrogens with two attached hydrogens (primary N) is 1. The molecule has 0 radical (unpaired) electrons. The van der Waals surface area contributed by atoms with E-state index in [0.717, 1.165) is 19.3 Å². The van der Waals surface area contributed by atoms with Gasteiger partial charge in [0.05, 0.1) is 5.41 Å². The zero-order valence-electron chi connectivity index (χ0n) is 11.3. The molecule has 0 unspecified atom stereocenters. The van der Waals surface area contributed by atoms with Crippen molar-refractivity contribution in [1.29, 1.82) is 0 Å². The van der Waals surface area contributed by atoms with E-state index < -0.39 is 0 Å². The lowest BCUT2D eigenvalue weighted by atomic mass is 9.68. The van der Waals surface area contributed by atoms with E-state index in [4.69, 9.17) is 5.73 Å². The molecule has 2 rings (SSSR count). The van der Waals surface area contributed by atoms with Gasteiger partial charge in [-0.2, -0.15) is 0 Å². The zero-order chi connectivity index (χ0) is 13.2. The largest absolute Gasteiger partial charge is 0.367 e. The summed E-state index contributed by atoms with van der Waals surface area (Å²) < 4.78 is 0.